The summed E-state index contributed by atoms with van der Waals surface area (Å²) in [6, 6.07) is -0.902. The number of carboxylic acid groups (broad SMARTS) is 1. The Bertz CT molecular complexity index is 1310. The second kappa shape index (κ2) is 11.3. The zero-order valence-electron chi connectivity index (χ0n) is 22.7. The number of aromatic nitrogens is 3. The Balaban J connectivity index is 2.05. The molecule has 41 heavy (non-hydrogen) atoms. The SMILES string of the molecule is Cc1cncc(Cl)c1C(=O)CN(CC(C)(C)C(F)(F)F)C(=O)c1cnn(C2CCC(C)(C(=O)O)CC2)c1C(F)(F)F. The van der Waals surface area contributed by atoms with Crippen molar-refractivity contribution in [3.63, 3.8) is 0 Å². The van der Waals surface area contributed by atoms with E-state index in [1.165, 1.54) is 20.0 Å². The fourth-order valence-corrected chi connectivity index (χ4v) is 5.16. The lowest BCUT2D eigenvalue weighted by Crippen LogP contribution is -2.48. The molecule has 0 unspecified atom stereocenters. The molecule has 2 aromatic heterocycles. The molecule has 0 radical (unpaired) electrons. The van der Waals surface area contributed by atoms with Crippen molar-refractivity contribution in [1.82, 2.24) is 19.7 Å². The third-order valence-corrected chi connectivity index (χ3v) is 7.85. The number of hydrogen-bond donors (Lipinski definition) is 1. The topological polar surface area (TPSA) is 105 Å². The lowest BCUT2D eigenvalue weighted by molar-refractivity contribution is -0.214. The largest absolute Gasteiger partial charge is 0.481 e. The van der Waals surface area contributed by atoms with E-state index in [4.69, 9.17) is 11.6 Å². The number of pyridine rings is 1. The average molecular weight is 611 g/mol. The van der Waals surface area contributed by atoms with Gasteiger partial charge in [-0.05, 0) is 58.9 Å². The molecule has 8 nitrogen and oxygen atoms in total. The second-order valence-corrected chi connectivity index (χ2v) is 11.6. The van der Waals surface area contributed by atoms with E-state index in [9.17, 15) is 45.8 Å². The van der Waals surface area contributed by atoms with Gasteiger partial charge in [-0.3, -0.25) is 24.0 Å². The quantitative estimate of drug-likeness (QED) is 0.275. The Morgan fingerprint density at radius 1 is 1.10 bits per heavy atom. The van der Waals surface area contributed by atoms with Crippen LogP contribution in [0.4, 0.5) is 26.3 Å². The van der Waals surface area contributed by atoms with Crippen LogP contribution in [-0.4, -0.2) is 61.7 Å². The summed E-state index contributed by atoms with van der Waals surface area (Å²) in [5, 5.41) is 13.1. The fourth-order valence-electron chi connectivity index (χ4n) is 4.85. The highest BCUT2D eigenvalue weighted by Gasteiger charge is 2.50. The number of nitrogens with zero attached hydrogens (tertiary/aromatic N) is 4. The molecule has 3 rings (SSSR count). The number of alkyl halides is 6. The van der Waals surface area contributed by atoms with Crippen LogP contribution < -0.4 is 0 Å². The second-order valence-electron chi connectivity index (χ2n) is 11.2. The number of carbonyl (C=O) groups is 3. The molecule has 1 aliphatic rings. The average Bonchev–Trinajstić information content (AvgIpc) is 3.28. The number of amides is 1. The maximum atomic E-state index is 14.4. The molecule has 0 aliphatic heterocycles. The number of halogens is 7. The zero-order chi connectivity index (χ0) is 31.1. The van der Waals surface area contributed by atoms with Crippen LogP contribution in [0.25, 0.3) is 0 Å². The molecule has 0 spiro atoms. The fraction of sp³-hybridized carbons (Fsp3) is 0.577. The van der Waals surface area contributed by atoms with Gasteiger partial charge in [0.15, 0.2) is 11.5 Å². The van der Waals surface area contributed by atoms with E-state index in [2.05, 4.69) is 10.1 Å². The van der Waals surface area contributed by atoms with E-state index in [0.717, 1.165) is 20.0 Å². The third kappa shape index (κ3) is 6.68. The third-order valence-electron chi connectivity index (χ3n) is 7.56. The van der Waals surface area contributed by atoms with Gasteiger partial charge in [0.05, 0.1) is 40.2 Å². The number of hydrogen-bond acceptors (Lipinski definition) is 5. The Morgan fingerprint density at radius 2 is 1.68 bits per heavy atom. The standard InChI is InChI=1S/C26H29ClF6N4O4/c1-14-9-34-11-17(27)19(14)18(38)12-36(13-23(2,3)26(31,32)33)21(39)16-10-35-37(20(16)25(28,29)30)15-5-7-24(4,8-6-15)22(40)41/h9-11,15H,5-8,12-13H2,1-4H3,(H,40,41). The molecule has 1 amide bonds. The molecule has 0 bridgehead atoms. The van der Waals surface area contributed by atoms with Crippen molar-refractivity contribution in [2.45, 2.75) is 71.8 Å². The van der Waals surface area contributed by atoms with Gasteiger partial charge in [-0.2, -0.15) is 31.4 Å². The lowest BCUT2D eigenvalue weighted by atomic mass is 9.74. The van der Waals surface area contributed by atoms with E-state index in [0.29, 0.717) is 15.8 Å². The maximum absolute atomic E-state index is 14.4. The van der Waals surface area contributed by atoms with Crippen LogP contribution in [0.15, 0.2) is 18.6 Å². The Morgan fingerprint density at radius 3 is 2.17 bits per heavy atom. The van der Waals surface area contributed by atoms with Crippen molar-refractivity contribution in [1.29, 1.82) is 0 Å². The van der Waals surface area contributed by atoms with Gasteiger partial charge in [0.25, 0.3) is 5.91 Å². The van der Waals surface area contributed by atoms with Gasteiger partial charge in [-0.25, -0.2) is 0 Å². The summed E-state index contributed by atoms with van der Waals surface area (Å²) >= 11 is 6.06. The molecule has 1 fully saturated rings. The number of carboxylic acids is 1. The first-order chi connectivity index (χ1) is 18.7. The molecular formula is C26H29ClF6N4O4. The van der Waals surface area contributed by atoms with Gasteiger partial charge in [0.1, 0.15) is 0 Å². The zero-order valence-corrected chi connectivity index (χ0v) is 23.4. The van der Waals surface area contributed by atoms with Gasteiger partial charge in [0.2, 0.25) is 0 Å². The van der Waals surface area contributed by atoms with Gasteiger partial charge in [0, 0.05) is 24.5 Å². The Hall–Kier alpha value is -3.16. The molecule has 1 aliphatic carbocycles. The number of aryl methyl sites for hydroxylation is 1. The highest BCUT2D eigenvalue weighted by Crippen LogP contribution is 2.44. The van der Waals surface area contributed by atoms with Crippen LogP contribution in [0.1, 0.15) is 84.5 Å². The summed E-state index contributed by atoms with van der Waals surface area (Å²) in [5.41, 5.74) is -6.09. The summed E-state index contributed by atoms with van der Waals surface area (Å²) in [7, 11) is 0. The summed E-state index contributed by atoms with van der Waals surface area (Å²) < 4.78 is 85.1. The van der Waals surface area contributed by atoms with Crippen molar-refractivity contribution in [2.75, 3.05) is 13.1 Å². The first-order valence-corrected chi connectivity index (χ1v) is 12.9. The molecule has 2 aromatic rings. The highest BCUT2D eigenvalue weighted by atomic mass is 35.5. The van der Waals surface area contributed by atoms with Gasteiger partial charge in [-0.1, -0.05) is 11.6 Å². The highest BCUT2D eigenvalue weighted by molar-refractivity contribution is 6.34. The summed E-state index contributed by atoms with van der Waals surface area (Å²) in [6.07, 6.45) is -6.84. The number of ketones is 1. The first kappa shape index (κ1) is 32.4. The number of carbonyl (C=O) groups excluding carboxylic acids is 2. The summed E-state index contributed by atoms with van der Waals surface area (Å²) in [6.45, 7) is 2.35. The Kier molecular flexibility index (Phi) is 8.88. The van der Waals surface area contributed by atoms with E-state index in [1.54, 1.807) is 0 Å². The molecule has 226 valence electrons. The minimum Gasteiger partial charge on any atom is -0.481 e. The maximum Gasteiger partial charge on any atom is 0.433 e. The van der Waals surface area contributed by atoms with Crippen molar-refractivity contribution in [3.05, 3.63) is 46.0 Å². The van der Waals surface area contributed by atoms with Crippen LogP contribution >= 0.6 is 11.6 Å². The van der Waals surface area contributed by atoms with Gasteiger partial charge < -0.3 is 10.0 Å². The van der Waals surface area contributed by atoms with Crippen LogP contribution in [-0.2, 0) is 11.0 Å². The molecule has 0 atom stereocenters. The van der Waals surface area contributed by atoms with Gasteiger partial charge in [-0.15, -0.1) is 0 Å². The minimum absolute atomic E-state index is 0.0182. The number of aliphatic carboxylic acids is 1. The summed E-state index contributed by atoms with van der Waals surface area (Å²) in [5.74, 6) is -3.44. The molecule has 15 heteroatoms. The van der Waals surface area contributed by atoms with Crippen molar-refractivity contribution >= 4 is 29.3 Å². The van der Waals surface area contributed by atoms with E-state index >= 15 is 0 Å². The van der Waals surface area contributed by atoms with Crippen molar-refractivity contribution in [2.24, 2.45) is 10.8 Å². The van der Waals surface area contributed by atoms with Crippen LogP contribution in [0, 0.1) is 17.8 Å². The van der Waals surface area contributed by atoms with Crippen LogP contribution in [0.2, 0.25) is 5.02 Å². The molecule has 2 heterocycles. The minimum atomic E-state index is -5.14. The lowest BCUT2D eigenvalue weighted by Gasteiger charge is -2.35. The normalized spacial score (nSPS) is 20.1. The summed E-state index contributed by atoms with van der Waals surface area (Å²) in [4.78, 5) is 42.5. The number of rotatable bonds is 8. The van der Waals surface area contributed by atoms with E-state index < -0.39 is 71.2 Å². The van der Waals surface area contributed by atoms with Gasteiger partial charge >= 0.3 is 18.3 Å². The monoisotopic (exact) mass is 610 g/mol. The Labute approximate surface area is 236 Å². The van der Waals surface area contributed by atoms with Crippen LogP contribution in [0.3, 0.4) is 0 Å². The first-order valence-electron chi connectivity index (χ1n) is 12.6. The molecule has 1 N–H and O–H groups in total. The predicted octanol–water partition coefficient (Wildman–Crippen LogP) is 6.38. The number of Topliss-reactive ketones (excluding diaryl/α,β-unsaturated/α-hetero) is 1. The molecule has 1 saturated carbocycles. The van der Waals surface area contributed by atoms with Crippen molar-refractivity contribution in [3.8, 4) is 0 Å². The van der Waals surface area contributed by atoms with E-state index in [-0.39, 0.29) is 41.8 Å². The molecule has 0 saturated heterocycles. The molecular weight excluding hydrogens is 582 g/mol. The van der Waals surface area contributed by atoms with Crippen molar-refractivity contribution < 1.29 is 45.8 Å². The van der Waals surface area contributed by atoms with Crippen LogP contribution in [0.5, 0.6) is 0 Å². The predicted molar refractivity (Wildman–Crippen MR) is 135 cm³/mol. The molecule has 0 aromatic carbocycles. The van der Waals surface area contributed by atoms with E-state index in [1.807, 2.05) is 0 Å². The smallest absolute Gasteiger partial charge is 0.433 e.